The summed E-state index contributed by atoms with van der Waals surface area (Å²) < 4.78 is 12.8. The number of nitrogens with zero attached hydrogens (tertiary/aromatic N) is 1. The lowest BCUT2D eigenvalue weighted by Crippen LogP contribution is -2.23. The van der Waals surface area contributed by atoms with Crippen molar-refractivity contribution < 1.29 is 8.83 Å². The van der Waals surface area contributed by atoms with Crippen LogP contribution in [0.4, 0.5) is 0 Å². The second-order valence-electron chi connectivity index (χ2n) is 13.7. The summed E-state index contributed by atoms with van der Waals surface area (Å²) in [4.78, 5) is 5.44. The quantitative estimate of drug-likeness (QED) is 0.108. The fraction of sp³-hybridized carbons (Fsp3) is 0.0408. The van der Waals surface area contributed by atoms with Crippen molar-refractivity contribution in [2.75, 3.05) is 0 Å². The lowest BCUT2D eigenvalue weighted by Gasteiger charge is -2.17. The fourth-order valence-corrected chi connectivity index (χ4v) is 7.83. The van der Waals surface area contributed by atoms with Crippen LogP contribution in [0, 0.1) is 0 Å². The molecule has 4 nitrogen and oxygen atoms in total. The van der Waals surface area contributed by atoms with E-state index in [2.05, 4.69) is 140 Å². The molecule has 2 heterocycles. The number of para-hydroxylation sites is 1. The first-order valence-corrected chi connectivity index (χ1v) is 18.0. The highest BCUT2D eigenvalue weighted by molar-refractivity contribution is 6.16. The van der Waals surface area contributed by atoms with Crippen LogP contribution in [0.3, 0.4) is 0 Å². The maximum atomic E-state index is 6.53. The number of rotatable bonds is 6. The second kappa shape index (κ2) is 12.4. The van der Waals surface area contributed by atoms with Crippen LogP contribution >= 0.6 is 0 Å². The Balaban J connectivity index is 1.12. The molecule has 1 atom stereocenters. The molecule has 0 aliphatic heterocycles. The standard InChI is InChI=1S/C49H34N2O2/c1-30(32-12-4-3-5-13-32)50-49(36-25-26-39-34(28-36)23-22-33-14-6-7-15-38(33)39)51-31(2)37-17-10-20-44-47(37)48-40(18-11-21-45(48)53-44)35-24-27-42-41-16-8-9-19-43(41)52-46(42)29-35/h3-29,31H,1H2,2H3,(H,50,51). The smallest absolute Gasteiger partial charge is 0.136 e. The first kappa shape index (κ1) is 30.9. The van der Waals surface area contributed by atoms with E-state index in [-0.39, 0.29) is 6.04 Å². The van der Waals surface area contributed by atoms with Crippen LogP contribution in [0.2, 0.25) is 0 Å². The predicted octanol–water partition coefficient (Wildman–Crippen LogP) is 13.2. The SMILES string of the molecule is C=C(NC(=NC(C)c1cccc2oc3cccc(-c4ccc5c(c4)oc4ccccc45)c3c12)c1ccc2c(ccc3ccccc32)c1)c1ccccc1. The third-order valence-corrected chi connectivity index (χ3v) is 10.4. The van der Waals surface area contributed by atoms with Crippen molar-refractivity contribution in [3.63, 3.8) is 0 Å². The van der Waals surface area contributed by atoms with Gasteiger partial charge >= 0.3 is 0 Å². The molecule has 2 aromatic heterocycles. The van der Waals surface area contributed by atoms with Crippen molar-refractivity contribution in [2.24, 2.45) is 4.99 Å². The van der Waals surface area contributed by atoms with E-state index in [1.165, 1.54) is 16.2 Å². The molecule has 4 heteroatoms. The fourth-order valence-electron chi connectivity index (χ4n) is 7.83. The number of nitrogens with one attached hydrogen (secondary N) is 1. The predicted molar refractivity (Wildman–Crippen MR) is 221 cm³/mol. The minimum absolute atomic E-state index is 0.233. The molecule has 1 unspecified atom stereocenters. The maximum Gasteiger partial charge on any atom is 0.136 e. The number of hydrogen-bond donors (Lipinski definition) is 1. The average molecular weight is 683 g/mol. The Kier molecular flexibility index (Phi) is 7.22. The van der Waals surface area contributed by atoms with E-state index in [1.54, 1.807) is 0 Å². The van der Waals surface area contributed by atoms with Crippen LogP contribution in [-0.2, 0) is 0 Å². The van der Waals surface area contributed by atoms with Crippen molar-refractivity contribution in [1.82, 2.24) is 5.32 Å². The van der Waals surface area contributed by atoms with Gasteiger partial charge in [-0.2, -0.15) is 0 Å². The summed E-state index contributed by atoms with van der Waals surface area (Å²) in [5.74, 6) is 0.752. The molecule has 0 saturated carbocycles. The highest BCUT2D eigenvalue weighted by Crippen LogP contribution is 2.42. The van der Waals surface area contributed by atoms with Crippen LogP contribution in [0.25, 0.3) is 82.2 Å². The summed E-state index contributed by atoms with van der Waals surface area (Å²) in [5, 5.41) is 12.8. The Labute approximate surface area is 306 Å². The van der Waals surface area contributed by atoms with Crippen molar-refractivity contribution >= 4 is 77.0 Å². The molecule has 10 rings (SSSR count). The van der Waals surface area contributed by atoms with Crippen molar-refractivity contribution in [3.05, 3.63) is 187 Å². The Bertz CT molecular complexity index is 3070. The van der Waals surface area contributed by atoms with Crippen molar-refractivity contribution in [2.45, 2.75) is 13.0 Å². The second-order valence-corrected chi connectivity index (χ2v) is 13.7. The molecular weight excluding hydrogens is 649 g/mol. The Morgan fingerprint density at radius 3 is 2.08 bits per heavy atom. The summed E-state index contributed by atoms with van der Waals surface area (Å²) in [5.41, 5.74) is 9.44. The van der Waals surface area contributed by atoms with Crippen LogP contribution in [-0.4, -0.2) is 5.84 Å². The molecule has 0 aliphatic rings. The zero-order valence-corrected chi connectivity index (χ0v) is 29.1. The Hall–Kier alpha value is -6.91. The summed E-state index contributed by atoms with van der Waals surface area (Å²) in [6, 6.07) is 56.7. The molecule has 0 radical (unpaired) electrons. The molecule has 53 heavy (non-hydrogen) atoms. The molecule has 0 bridgehead atoms. The number of aliphatic imine (C=N–C) groups is 1. The highest BCUT2D eigenvalue weighted by Gasteiger charge is 2.20. The first-order valence-electron chi connectivity index (χ1n) is 18.0. The summed E-state index contributed by atoms with van der Waals surface area (Å²) >= 11 is 0. The number of furan rings is 2. The van der Waals surface area contributed by atoms with Gasteiger partial charge in [0, 0.05) is 32.8 Å². The summed E-state index contributed by atoms with van der Waals surface area (Å²) in [7, 11) is 0. The Morgan fingerprint density at radius 2 is 1.19 bits per heavy atom. The number of amidine groups is 1. The largest absolute Gasteiger partial charge is 0.456 e. The third kappa shape index (κ3) is 5.27. The normalized spacial score (nSPS) is 12.7. The lowest BCUT2D eigenvalue weighted by molar-refractivity contribution is 0.667. The van der Waals surface area contributed by atoms with Crippen LogP contribution in [0.15, 0.2) is 184 Å². The summed E-state index contributed by atoms with van der Waals surface area (Å²) in [6.45, 7) is 6.57. The van der Waals surface area contributed by atoms with Crippen LogP contribution < -0.4 is 5.32 Å². The average Bonchev–Trinajstić information content (AvgIpc) is 3.79. The minimum atomic E-state index is -0.233. The van der Waals surface area contributed by atoms with Gasteiger partial charge in [0.15, 0.2) is 0 Å². The zero-order valence-electron chi connectivity index (χ0n) is 29.1. The highest BCUT2D eigenvalue weighted by atomic mass is 16.3. The molecule has 0 fully saturated rings. The van der Waals surface area contributed by atoms with Gasteiger partial charge in [-0.05, 0) is 87.1 Å². The zero-order chi connectivity index (χ0) is 35.5. The Morgan fingerprint density at radius 1 is 0.528 bits per heavy atom. The minimum Gasteiger partial charge on any atom is -0.456 e. The van der Waals surface area contributed by atoms with Gasteiger partial charge in [0.2, 0.25) is 0 Å². The molecule has 1 N–H and O–H groups in total. The molecule has 0 amide bonds. The molecule has 8 aromatic carbocycles. The molecule has 252 valence electrons. The van der Waals surface area contributed by atoms with E-state index in [0.717, 1.165) is 88.6 Å². The van der Waals surface area contributed by atoms with E-state index in [0.29, 0.717) is 0 Å². The topological polar surface area (TPSA) is 50.7 Å². The van der Waals surface area contributed by atoms with Gasteiger partial charge in [-0.25, -0.2) is 0 Å². The van der Waals surface area contributed by atoms with Gasteiger partial charge in [-0.3, -0.25) is 4.99 Å². The van der Waals surface area contributed by atoms with Gasteiger partial charge in [-0.1, -0.05) is 134 Å². The molecule has 0 aliphatic carbocycles. The van der Waals surface area contributed by atoms with E-state index < -0.39 is 0 Å². The third-order valence-electron chi connectivity index (χ3n) is 10.4. The number of fused-ring (bicyclic) bond motifs is 9. The molecule has 0 spiro atoms. The van der Waals surface area contributed by atoms with Gasteiger partial charge in [0.05, 0.1) is 6.04 Å². The van der Waals surface area contributed by atoms with E-state index >= 15 is 0 Å². The van der Waals surface area contributed by atoms with E-state index in [4.69, 9.17) is 13.8 Å². The number of benzene rings is 8. The first-order chi connectivity index (χ1) is 26.1. The van der Waals surface area contributed by atoms with Crippen LogP contribution in [0.1, 0.15) is 29.7 Å². The monoisotopic (exact) mass is 682 g/mol. The van der Waals surface area contributed by atoms with Crippen molar-refractivity contribution in [1.29, 1.82) is 0 Å². The van der Waals surface area contributed by atoms with E-state index in [1.807, 2.05) is 42.5 Å². The van der Waals surface area contributed by atoms with Gasteiger partial charge in [-0.15, -0.1) is 0 Å². The van der Waals surface area contributed by atoms with Crippen LogP contribution in [0.5, 0.6) is 0 Å². The van der Waals surface area contributed by atoms with Crippen molar-refractivity contribution in [3.8, 4) is 11.1 Å². The number of hydrogen-bond acceptors (Lipinski definition) is 3. The molecule has 0 saturated heterocycles. The maximum absolute atomic E-state index is 6.53. The van der Waals surface area contributed by atoms with E-state index in [9.17, 15) is 0 Å². The van der Waals surface area contributed by atoms with Gasteiger partial charge < -0.3 is 14.2 Å². The molecule has 10 aromatic rings. The lowest BCUT2D eigenvalue weighted by atomic mass is 9.95. The van der Waals surface area contributed by atoms with Gasteiger partial charge in [0.1, 0.15) is 28.2 Å². The molecular formula is C49H34N2O2. The summed E-state index contributed by atoms with van der Waals surface area (Å²) in [6.07, 6.45) is 0. The van der Waals surface area contributed by atoms with Gasteiger partial charge in [0.25, 0.3) is 0 Å².